The van der Waals surface area contributed by atoms with Crippen molar-refractivity contribution in [1.82, 2.24) is 15.6 Å². The second kappa shape index (κ2) is 9.97. The zero-order chi connectivity index (χ0) is 12.8. The zero-order valence-corrected chi connectivity index (χ0v) is 13.4. The first-order valence-corrected chi connectivity index (χ1v) is 6.76. The van der Waals surface area contributed by atoms with E-state index in [4.69, 9.17) is 0 Å². The third-order valence-electron chi connectivity index (χ3n) is 3.08. The maximum absolute atomic E-state index is 11.8. The van der Waals surface area contributed by atoms with Gasteiger partial charge in [-0.1, -0.05) is 13.0 Å². The molecule has 0 aliphatic heterocycles. The Morgan fingerprint density at radius 2 is 2.00 bits per heavy atom. The largest absolute Gasteiger partial charge is 0.349 e. The molecule has 0 bridgehead atoms. The summed E-state index contributed by atoms with van der Waals surface area (Å²) in [6.07, 6.45) is 5.46. The summed E-state index contributed by atoms with van der Waals surface area (Å²) in [5, 5.41) is 6.10. The van der Waals surface area contributed by atoms with Gasteiger partial charge < -0.3 is 10.6 Å². The van der Waals surface area contributed by atoms with E-state index in [0.717, 1.165) is 19.5 Å². The monoisotopic (exact) mass is 319 g/mol. The van der Waals surface area contributed by atoms with Crippen LogP contribution in [-0.4, -0.2) is 30.5 Å². The molecule has 0 saturated heterocycles. The molecule has 4 nitrogen and oxygen atoms in total. The highest BCUT2D eigenvalue weighted by atomic mass is 35.5. The van der Waals surface area contributed by atoms with E-state index in [9.17, 15) is 4.79 Å². The van der Waals surface area contributed by atoms with Gasteiger partial charge in [0.1, 0.15) is 5.69 Å². The van der Waals surface area contributed by atoms with Crippen LogP contribution in [-0.2, 0) is 0 Å². The van der Waals surface area contributed by atoms with Gasteiger partial charge in [0.15, 0.2) is 0 Å². The standard InChI is InChI=1S/C14H21N3O.2ClH/c1-2-7-15-8-9-16-14(18)13-6-5-12(10-17-13)11-3-4-11;;/h5-6,10-11,15H,2-4,7-9H2,1H3,(H,16,18);2*1H. The van der Waals surface area contributed by atoms with Crippen LogP contribution in [0, 0.1) is 0 Å². The molecule has 0 atom stereocenters. The number of carbonyl (C=O) groups is 1. The Morgan fingerprint density at radius 1 is 1.25 bits per heavy atom. The molecular formula is C14H23Cl2N3O. The number of halogens is 2. The highest BCUT2D eigenvalue weighted by Gasteiger charge is 2.23. The first-order valence-electron chi connectivity index (χ1n) is 6.76. The number of aromatic nitrogens is 1. The third kappa shape index (κ3) is 6.07. The van der Waals surface area contributed by atoms with Gasteiger partial charge in [-0.05, 0) is 43.4 Å². The Morgan fingerprint density at radius 3 is 2.55 bits per heavy atom. The lowest BCUT2D eigenvalue weighted by molar-refractivity contribution is 0.0949. The fourth-order valence-electron chi connectivity index (χ4n) is 1.85. The van der Waals surface area contributed by atoms with E-state index >= 15 is 0 Å². The Kier molecular flexibility index (Phi) is 9.55. The highest BCUT2D eigenvalue weighted by Crippen LogP contribution is 2.39. The molecule has 0 radical (unpaired) electrons. The predicted molar refractivity (Wildman–Crippen MR) is 86.2 cm³/mol. The maximum atomic E-state index is 11.8. The molecule has 1 aromatic heterocycles. The number of nitrogens with zero attached hydrogens (tertiary/aromatic N) is 1. The van der Waals surface area contributed by atoms with Crippen molar-refractivity contribution >= 4 is 30.7 Å². The zero-order valence-electron chi connectivity index (χ0n) is 11.7. The number of rotatable bonds is 7. The molecule has 1 amide bonds. The van der Waals surface area contributed by atoms with Crippen molar-refractivity contribution in [2.24, 2.45) is 0 Å². The molecule has 1 heterocycles. The minimum Gasteiger partial charge on any atom is -0.349 e. The van der Waals surface area contributed by atoms with Crippen molar-refractivity contribution in [3.05, 3.63) is 29.6 Å². The van der Waals surface area contributed by atoms with E-state index in [1.807, 2.05) is 18.3 Å². The van der Waals surface area contributed by atoms with Crippen molar-refractivity contribution in [2.45, 2.75) is 32.1 Å². The summed E-state index contributed by atoms with van der Waals surface area (Å²) in [6.45, 7) is 4.56. The summed E-state index contributed by atoms with van der Waals surface area (Å²) in [5.41, 5.74) is 1.77. The fourth-order valence-corrected chi connectivity index (χ4v) is 1.85. The predicted octanol–water partition coefficient (Wildman–Crippen LogP) is 2.53. The Balaban J connectivity index is 0.00000180. The van der Waals surface area contributed by atoms with Crippen LogP contribution in [0.25, 0.3) is 0 Å². The number of nitrogens with one attached hydrogen (secondary N) is 2. The smallest absolute Gasteiger partial charge is 0.269 e. The number of hydrogen-bond donors (Lipinski definition) is 2. The van der Waals surface area contributed by atoms with Crippen LogP contribution in [0.3, 0.4) is 0 Å². The lowest BCUT2D eigenvalue weighted by Gasteiger charge is -2.06. The molecule has 20 heavy (non-hydrogen) atoms. The first kappa shape index (κ1) is 19.2. The van der Waals surface area contributed by atoms with Crippen LogP contribution in [0.1, 0.15) is 48.2 Å². The topological polar surface area (TPSA) is 54.0 Å². The third-order valence-corrected chi connectivity index (χ3v) is 3.08. The average Bonchev–Trinajstić information content (AvgIpc) is 3.23. The minimum absolute atomic E-state index is 0. The average molecular weight is 320 g/mol. The van der Waals surface area contributed by atoms with Crippen molar-refractivity contribution in [3.63, 3.8) is 0 Å². The van der Waals surface area contributed by atoms with E-state index in [2.05, 4.69) is 22.5 Å². The number of hydrogen-bond acceptors (Lipinski definition) is 3. The minimum atomic E-state index is -0.0874. The molecule has 0 unspecified atom stereocenters. The number of carbonyl (C=O) groups excluding carboxylic acids is 1. The second-order valence-electron chi connectivity index (χ2n) is 4.76. The molecule has 1 aromatic rings. The molecule has 6 heteroatoms. The van der Waals surface area contributed by atoms with E-state index in [1.165, 1.54) is 18.4 Å². The van der Waals surface area contributed by atoms with Crippen LogP contribution in [0.5, 0.6) is 0 Å². The molecular weight excluding hydrogens is 297 g/mol. The molecule has 1 fully saturated rings. The fraction of sp³-hybridized carbons (Fsp3) is 0.571. The second-order valence-corrected chi connectivity index (χ2v) is 4.76. The molecule has 1 aliphatic carbocycles. The van der Waals surface area contributed by atoms with Crippen LogP contribution < -0.4 is 10.6 Å². The number of amides is 1. The van der Waals surface area contributed by atoms with E-state index in [0.29, 0.717) is 18.2 Å². The van der Waals surface area contributed by atoms with Crippen molar-refractivity contribution < 1.29 is 4.79 Å². The van der Waals surface area contributed by atoms with Gasteiger partial charge in [-0.2, -0.15) is 0 Å². The van der Waals surface area contributed by atoms with Gasteiger partial charge in [0.2, 0.25) is 0 Å². The number of pyridine rings is 1. The SMILES string of the molecule is CCCNCCNC(=O)c1ccc(C2CC2)cn1.Cl.Cl. The summed E-state index contributed by atoms with van der Waals surface area (Å²) in [4.78, 5) is 16.0. The molecule has 2 rings (SSSR count). The van der Waals surface area contributed by atoms with E-state index < -0.39 is 0 Å². The Labute approximate surface area is 132 Å². The van der Waals surface area contributed by atoms with Crippen molar-refractivity contribution in [3.8, 4) is 0 Å². The van der Waals surface area contributed by atoms with Gasteiger partial charge in [0, 0.05) is 19.3 Å². The quantitative estimate of drug-likeness (QED) is 0.759. The van der Waals surface area contributed by atoms with Gasteiger partial charge >= 0.3 is 0 Å². The van der Waals surface area contributed by atoms with Crippen LogP contribution in [0.15, 0.2) is 18.3 Å². The summed E-state index contributed by atoms with van der Waals surface area (Å²) in [5.74, 6) is 0.600. The molecule has 114 valence electrons. The summed E-state index contributed by atoms with van der Waals surface area (Å²) >= 11 is 0. The Bertz CT molecular complexity index is 394. The lowest BCUT2D eigenvalue weighted by Crippen LogP contribution is -2.32. The molecule has 1 saturated carbocycles. The van der Waals surface area contributed by atoms with Gasteiger partial charge in [-0.15, -0.1) is 24.8 Å². The van der Waals surface area contributed by atoms with E-state index in [-0.39, 0.29) is 30.7 Å². The summed E-state index contributed by atoms with van der Waals surface area (Å²) in [6, 6.07) is 3.84. The first-order chi connectivity index (χ1) is 8.81. The van der Waals surface area contributed by atoms with Gasteiger partial charge in [-0.25, -0.2) is 0 Å². The highest BCUT2D eigenvalue weighted by molar-refractivity contribution is 5.92. The molecule has 0 spiro atoms. The van der Waals surface area contributed by atoms with Crippen molar-refractivity contribution in [1.29, 1.82) is 0 Å². The maximum Gasteiger partial charge on any atom is 0.269 e. The van der Waals surface area contributed by atoms with Gasteiger partial charge in [0.25, 0.3) is 5.91 Å². The Hall–Kier alpha value is -0.840. The van der Waals surface area contributed by atoms with Crippen LogP contribution in [0.2, 0.25) is 0 Å². The normalized spacial score (nSPS) is 13.1. The van der Waals surface area contributed by atoms with E-state index in [1.54, 1.807) is 0 Å². The summed E-state index contributed by atoms with van der Waals surface area (Å²) in [7, 11) is 0. The molecule has 2 N–H and O–H groups in total. The van der Waals surface area contributed by atoms with Crippen LogP contribution >= 0.6 is 24.8 Å². The van der Waals surface area contributed by atoms with Crippen molar-refractivity contribution in [2.75, 3.05) is 19.6 Å². The molecule has 1 aliphatic rings. The van der Waals surface area contributed by atoms with Gasteiger partial charge in [0.05, 0.1) is 0 Å². The summed E-state index contributed by atoms with van der Waals surface area (Å²) < 4.78 is 0. The van der Waals surface area contributed by atoms with Gasteiger partial charge in [-0.3, -0.25) is 9.78 Å². The van der Waals surface area contributed by atoms with Crippen LogP contribution in [0.4, 0.5) is 0 Å². The lowest BCUT2D eigenvalue weighted by atomic mass is 10.2. The molecule has 0 aromatic carbocycles.